The quantitative estimate of drug-likeness (QED) is 0.748. The van der Waals surface area contributed by atoms with E-state index in [2.05, 4.69) is 4.98 Å². The van der Waals surface area contributed by atoms with E-state index in [9.17, 15) is 4.79 Å². The third-order valence-electron chi connectivity index (χ3n) is 2.95. The largest absolute Gasteiger partial charge is 0.457 e. The number of rotatable bonds is 1. The summed E-state index contributed by atoms with van der Waals surface area (Å²) in [7, 11) is 0. The molecule has 1 aliphatic rings. The lowest BCUT2D eigenvalue weighted by molar-refractivity contribution is 0.0535. The lowest BCUT2D eigenvalue weighted by atomic mass is 10.0. The zero-order valence-electron chi connectivity index (χ0n) is 9.68. The Balaban J connectivity index is 2.11. The molecule has 19 heavy (non-hydrogen) atoms. The number of hydrogen-bond acceptors (Lipinski definition) is 4. The molecule has 4 nitrogen and oxygen atoms in total. The van der Waals surface area contributed by atoms with Gasteiger partial charge in [0.05, 0.1) is 16.8 Å². The molecular weight excluding hydrogens is 264 g/mol. The van der Waals surface area contributed by atoms with Gasteiger partial charge in [0.15, 0.2) is 0 Å². The molecule has 0 saturated carbocycles. The lowest BCUT2D eigenvalue weighted by Crippen LogP contribution is -1.95. The molecule has 0 unspecified atom stereocenters. The lowest BCUT2D eigenvalue weighted by Gasteiger charge is -2.04. The Hall–Kier alpha value is -2.38. The van der Waals surface area contributed by atoms with Crippen molar-refractivity contribution < 1.29 is 9.53 Å². The predicted molar refractivity (Wildman–Crippen MR) is 68.5 cm³/mol. The van der Waals surface area contributed by atoms with Crippen molar-refractivity contribution in [3.8, 4) is 17.3 Å². The molecule has 0 bridgehead atoms. The van der Waals surface area contributed by atoms with Crippen molar-refractivity contribution in [2.75, 3.05) is 0 Å². The van der Waals surface area contributed by atoms with E-state index in [1.54, 1.807) is 24.3 Å². The summed E-state index contributed by atoms with van der Waals surface area (Å²) in [6.45, 7) is 0.216. The van der Waals surface area contributed by atoms with E-state index >= 15 is 0 Å². The van der Waals surface area contributed by atoms with Gasteiger partial charge in [-0.05, 0) is 24.3 Å². The van der Waals surface area contributed by atoms with Crippen LogP contribution in [0.3, 0.4) is 0 Å². The van der Waals surface area contributed by atoms with Crippen molar-refractivity contribution in [3.05, 3.63) is 52.2 Å². The number of benzene rings is 1. The summed E-state index contributed by atoms with van der Waals surface area (Å²) in [4.78, 5) is 15.7. The minimum Gasteiger partial charge on any atom is -0.457 e. The van der Waals surface area contributed by atoms with E-state index < -0.39 is 0 Å². The first-order chi connectivity index (χ1) is 9.19. The Morgan fingerprint density at radius 1 is 1.37 bits per heavy atom. The number of carbonyl (C=O) groups excluding carboxylic acids is 1. The number of cyclic esters (lactones) is 1. The molecule has 0 atom stereocenters. The van der Waals surface area contributed by atoms with Crippen LogP contribution in [0.25, 0.3) is 11.3 Å². The first-order valence-corrected chi connectivity index (χ1v) is 5.93. The second kappa shape index (κ2) is 4.38. The third kappa shape index (κ3) is 1.94. The third-order valence-corrected chi connectivity index (χ3v) is 3.29. The van der Waals surface area contributed by atoms with E-state index in [4.69, 9.17) is 21.6 Å². The SMILES string of the molecule is N#Cc1ccc(-c2cc(Cl)c3c(c2)C(=O)OC3)nc1. The monoisotopic (exact) mass is 270 g/mol. The maximum Gasteiger partial charge on any atom is 0.338 e. The Bertz CT molecular complexity index is 717. The van der Waals surface area contributed by atoms with Crippen LogP contribution in [0.5, 0.6) is 0 Å². The number of nitrogens with zero attached hydrogens (tertiary/aromatic N) is 2. The fraction of sp³-hybridized carbons (Fsp3) is 0.0714. The van der Waals surface area contributed by atoms with Crippen molar-refractivity contribution in [1.29, 1.82) is 5.26 Å². The maximum absolute atomic E-state index is 11.6. The Labute approximate surface area is 114 Å². The number of hydrogen-bond donors (Lipinski definition) is 0. The van der Waals surface area contributed by atoms with Crippen molar-refractivity contribution in [3.63, 3.8) is 0 Å². The fourth-order valence-corrected chi connectivity index (χ4v) is 2.23. The van der Waals surface area contributed by atoms with Crippen molar-refractivity contribution in [1.82, 2.24) is 4.98 Å². The number of fused-ring (bicyclic) bond motifs is 1. The van der Waals surface area contributed by atoms with Gasteiger partial charge in [-0.3, -0.25) is 4.98 Å². The Kier molecular flexibility index (Phi) is 2.69. The minimum absolute atomic E-state index is 0.216. The average molecular weight is 271 g/mol. The highest BCUT2D eigenvalue weighted by molar-refractivity contribution is 6.32. The number of aromatic nitrogens is 1. The van der Waals surface area contributed by atoms with Gasteiger partial charge in [-0.2, -0.15) is 5.26 Å². The van der Waals surface area contributed by atoms with Crippen LogP contribution in [0, 0.1) is 11.3 Å². The number of ether oxygens (including phenoxy) is 1. The summed E-state index contributed by atoms with van der Waals surface area (Å²) < 4.78 is 4.94. The molecule has 2 heterocycles. The van der Waals surface area contributed by atoms with Crippen LogP contribution in [0.4, 0.5) is 0 Å². The van der Waals surface area contributed by atoms with Crippen molar-refractivity contribution in [2.45, 2.75) is 6.61 Å². The highest BCUT2D eigenvalue weighted by atomic mass is 35.5. The molecule has 5 heteroatoms. The zero-order valence-corrected chi connectivity index (χ0v) is 10.4. The molecule has 0 saturated heterocycles. The van der Waals surface area contributed by atoms with Gasteiger partial charge < -0.3 is 4.74 Å². The summed E-state index contributed by atoms with van der Waals surface area (Å²) in [6.07, 6.45) is 1.48. The van der Waals surface area contributed by atoms with Gasteiger partial charge in [0.1, 0.15) is 12.7 Å². The van der Waals surface area contributed by atoms with Crippen LogP contribution >= 0.6 is 11.6 Å². The second-order valence-corrected chi connectivity index (χ2v) is 4.51. The highest BCUT2D eigenvalue weighted by Crippen LogP contribution is 2.32. The zero-order chi connectivity index (χ0) is 13.4. The summed E-state index contributed by atoms with van der Waals surface area (Å²) in [5.74, 6) is -0.368. The van der Waals surface area contributed by atoms with Crippen LogP contribution in [0.2, 0.25) is 5.02 Å². The molecule has 1 aromatic heterocycles. The molecular formula is C14H7ClN2O2. The first kappa shape index (κ1) is 11.7. The van der Waals surface area contributed by atoms with Crippen molar-refractivity contribution in [2.24, 2.45) is 0 Å². The van der Waals surface area contributed by atoms with E-state index in [-0.39, 0.29) is 12.6 Å². The van der Waals surface area contributed by atoms with Gasteiger partial charge in [0.25, 0.3) is 0 Å². The minimum atomic E-state index is -0.368. The Morgan fingerprint density at radius 2 is 2.21 bits per heavy atom. The molecule has 0 N–H and O–H groups in total. The topological polar surface area (TPSA) is 63.0 Å². The molecule has 92 valence electrons. The summed E-state index contributed by atoms with van der Waals surface area (Å²) in [5, 5.41) is 9.22. The average Bonchev–Trinajstić information content (AvgIpc) is 2.81. The molecule has 0 fully saturated rings. The van der Waals surface area contributed by atoms with Crippen LogP contribution < -0.4 is 0 Å². The summed E-state index contributed by atoms with van der Waals surface area (Å²) in [5.41, 5.74) is 3.06. The van der Waals surface area contributed by atoms with Crippen LogP contribution in [0.1, 0.15) is 21.5 Å². The number of pyridine rings is 1. The molecule has 0 radical (unpaired) electrons. The number of nitriles is 1. The van der Waals surface area contributed by atoms with Gasteiger partial charge in [-0.15, -0.1) is 0 Å². The number of esters is 1. The van der Waals surface area contributed by atoms with Gasteiger partial charge in [-0.1, -0.05) is 11.6 Å². The molecule has 0 aliphatic carbocycles. The highest BCUT2D eigenvalue weighted by Gasteiger charge is 2.24. The molecule has 1 aromatic carbocycles. The second-order valence-electron chi connectivity index (χ2n) is 4.10. The predicted octanol–water partition coefficient (Wildman–Crippen LogP) is 2.94. The molecule has 1 aliphatic heterocycles. The van der Waals surface area contributed by atoms with E-state index in [0.717, 1.165) is 5.56 Å². The smallest absolute Gasteiger partial charge is 0.338 e. The van der Waals surface area contributed by atoms with Crippen LogP contribution in [-0.4, -0.2) is 11.0 Å². The van der Waals surface area contributed by atoms with E-state index in [1.807, 2.05) is 6.07 Å². The maximum atomic E-state index is 11.6. The number of halogens is 1. The van der Waals surface area contributed by atoms with Crippen LogP contribution in [-0.2, 0) is 11.3 Å². The molecule has 0 spiro atoms. The standard InChI is InChI=1S/C14H7ClN2O2/c15-12-4-9(3-10-11(12)7-19-14(10)18)13-2-1-8(5-16)6-17-13/h1-4,6H,7H2. The van der Waals surface area contributed by atoms with Crippen molar-refractivity contribution >= 4 is 17.6 Å². The van der Waals surface area contributed by atoms with E-state index in [1.165, 1.54) is 6.20 Å². The summed E-state index contributed by atoms with van der Waals surface area (Å²) >= 11 is 6.14. The van der Waals surface area contributed by atoms with Gasteiger partial charge in [0, 0.05) is 22.3 Å². The molecule has 2 aromatic rings. The normalized spacial score (nSPS) is 12.7. The summed E-state index contributed by atoms with van der Waals surface area (Å²) in [6, 6.07) is 8.85. The Morgan fingerprint density at radius 3 is 2.89 bits per heavy atom. The fourth-order valence-electron chi connectivity index (χ4n) is 1.96. The van der Waals surface area contributed by atoms with E-state index in [0.29, 0.717) is 27.4 Å². The van der Waals surface area contributed by atoms with Gasteiger partial charge in [0.2, 0.25) is 0 Å². The molecule has 0 amide bonds. The van der Waals surface area contributed by atoms with Gasteiger partial charge >= 0.3 is 5.97 Å². The van der Waals surface area contributed by atoms with Gasteiger partial charge in [-0.25, -0.2) is 4.79 Å². The van der Waals surface area contributed by atoms with Crippen LogP contribution in [0.15, 0.2) is 30.5 Å². The first-order valence-electron chi connectivity index (χ1n) is 5.55. The molecule has 3 rings (SSSR count). The number of carbonyl (C=O) groups is 1.